The molecule has 2 amide bonds. The van der Waals surface area contributed by atoms with Crippen LogP contribution in [0.3, 0.4) is 0 Å². The highest BCUT2D eigenvalue weighted by molar-refractivity contribution is 6.83. The van der Waals surface area contributed by atoms with Crippen LogP contribution >= 0.6 is 0 Å². The van der Waals surface area contributed by atoms with Crippen molar-refractivity contribution in [1.29, 1.82) is 0 Å². The number of fused-ring (bicyclic) bond motifs is 1. The predicted molar refractivity (Wildman–Crippen MR) is 127 cm³/mol. The quantitative estimate of drug-likeness (QED) is 0.356. The Bertz CT molecular complexity index is 1270. The fourth-order valence-corrected chi connectivity index (χ4v) is 4.29. The minimum Gasteiger partial charge on any atom is -0.457 e. The number of aromatic nitrogens is 1. The molecule has 2 aromatic carbocycles. The number of hydrogen-bond donors (Lipinski definition) is 2. The number of ether oxygens (including phenoxy) is 1. The first-order valence-corrected chi connectivity index (χ1v) is 13.9. The van der Waals surface area contributed by atoms with Gasteiger partial charge in [-0.05, 0) is 48.4 Å². The van der Waals surface area contributed by atoms with Crippen molar-refractivity contribution in [2.24, 2.45) is 16.9 Å². The van der Waals surface area contributed by atoms with Crippen molar-refractivity contribution >= 4 is 30.8 Å². The molecule has 4 N–H and O–H groups in total. The molecule has 1 aliphatic carbocycles. The van der Waals surface area contributed by atoms with Gasteiger partial charge in [0.1, 0.15) is 25.0 Å². The molecule has 1 fully saturated rings. The molecule has 6 nitrogen and oxygen atoms in total. The maximum absolute atomic E-state index is 11.7. The van der Waals surface area contributed by atoms with Crippen molar-refractivity contribution in [3.05, 3.63) is 65.9 Å². The van der Waals surface area contributed by atoms with Crippen molar-refractivity contribution in [3.63, 3.8) is 0 Å². The minimum atomic E-state index is -1.46. The number of rotatable bonds is 5. The van der Waals surface area contributed by atoms with E-state index in [0.717, 1.165) is 22.0 Å². The fourth-order valence-electron chi connectivity index (χ4n) is 3.77. The number of pyridine rings is 1. The SMILES string of the molecule is C[Si](C)(C)C#Cc1ccc2c(Oc3ccc(C4CC4(C(N)=O)C(N)=O)cc3)ccnc2c1. The summed E-state index contributed by atoms with van der Waals surface area (Å²) in [4.78, 5) is 27.9. The van der Waals surface area contributed by atoms with Gasteiger partial charge in [0, 0.05) is 23.1 Å². The minimum absolute atomic E-state index is 0.288. The molecule has 4 rings (SSSR count). The van der Waals surface area contributed by atoms with Gasteiger partial charge in [-0.15, -0.1) is 5.54 Å². The molecule has 1 heterocycles. The van der Waals surface area contributed by atoms with E-state index in [4.69, 9.17) is 16.2 Å². The first-order chi connectivity index (χ1) is 15.1. The van der Waals surface area contributed by atoms with Crippen LogP contribution in [0, 0.1) is 16.9 Å². The van der Waals surface area contributed by atoms with E-state index in [1.165, 1.54) is 0 Å². The molecule has 7 heteroatoms. The summed E-state index contributed by atoms with van der Waals surface area (Å²) < 4.78 is 6.10. The Balaban J connectivity index is 1.56. The summed E-state index contributed by atoms with van der Waals surface area (Å²) in [7, 11) is -1.46. The smallest absolute Gasteiger partial charge is 0.233 e. The fraction of sp³-hybridized carbons (Fsp3) is 0.240. The Morgan fingerprint density at radius 1 is 1.06 bits per heavy atom. The van der Waals surface area contributed by atoms with Gasteiger partial charge >= 0.3 is 0 Å². The number of nitrogens with two attached hydrogens (primary N) is 2. The Hall–Kier alpha value is -3.63. The van der Waals surface area contributed by atoms with E-state index >= 15 is 0 Å². The standard InChI is InChI=1S/C25H25N3O3Si/c1-32(2,3)13-11-16-4-9-19-21(14-16)28-12-10-22(19)31-18-7-5-17(6-8-18)20-15-25(20,23(26)29)24(27)30/h4-10,12,14,20H,15H2,1-3H3,(H2,26,29)(H2,27,30). The van der Waals surface area contributed by atoms with Gasteiger partial charge in [0.2, 0.25) is 11.8 Å². The van der Waals surface area contributed by atoms with Crippen molar-refractivity contribution in [3.8, 4) is 23.0 Å². The average Bonchev–Trinajstić information content (AvgIpc) is 3.50. The van der Waals surface area contributed by atoms with Crippen LogP contribution in [0.2, 0.25) is 19.6 Å². The normalized spacial score (nSPS) is 16.7. The molecule has 1 aliphatic rings. The van der Waals surface area contributed by atoms with E-state index in [2.05, 4.69) is 36.1 Å². The van der Waals surface area contributed by atoms with E-state index in [9.17, 15) is 9.59 Å². The second-order valence-corrected chi connectivity index (χ2v) is 13.9. The molecule has 1 saturated carbocycles. The Morgan fingerprint density at radius 2 is 1.75 bits per heavy atom. The number of nitrogens with zero attached hydrogens (tertiary/aromatic N) is 1. The number of carbonyl (C=O) groups is 2. The maximum Gasteiger partial charge on any atom is 0.233 e. The lowest BCUT2D eigenvalue weighted by Gasteiger charge is -2.11. The van der Waals surface area contributed by atoms with Gasteiger partial charge in [-0.2, -0.15) is 0 Å². The molecule has 1 aromatic heterocycles. The number of amides is 2. The molecule has 3 aromatic rings. The summed E-state index contributed by atoms with van der Waals surface area (Å²) in [5.41, 5.74) is 15.5. The first kappa shape index (κ1) is 21.6. The zero-order chi connectivity index (χ0) is 23.1. The molecule has 0 bridgehead atoms. The molecule has 0 saturated heterocycles. The first-order valence-electron chi connectivity index (χ1n) is 10.4. The van der Waals surface area contributed by atoms with Crippen molar-refractivity contribution in [2.45, 2.75) is 32.0 Å². The number of primary amides is 2. The van der Waals surface area contributed by atoms with Crippen LogP contribution in [-0.4, -0.2) is 24.9 Å². The second kappa shape index (κ2) is 7.81. The van der Waals surface area contributed by atoms with Crippen molar-refractivity contribution in [2.75, 3.05) is 0 Å². The van der Waals surface area contributed by atoms with Gasteiger partial charge < -0.3 is 16.2 Å². The summed E-state index contributed by atoms with van der Waals surface area (Å²) in [5.74, 6) is 2.94. The lowest BCUT2D eigenvalue weighted by Crippen LogP contribution is -2.38. The number of benzene rings is 2. The molecule has 0 aliphatic heterocycles. The van der Waals surface area contributed by atoms with Crippen LogP contribution in [0.25, 0.3) is 10.9 Å². The van der Waals surface area contributed by atoms with E-state index in [0.29, 0.717) is 17.9 Å². The summed E-state index contributed by atoms with van der Waals surface area (Å²) in [6.45, 7) is 6.63. The van der Waals surface area contributed by atoms with E-state index < -0.39 is 25.3 Å². The molecule has 0 radical (unpaired) electrons. The third-order valence-corrected chi connectivity index (χ3v) is 6.51. The Kier molecular flexibility index (Phi) is 5.27. The predicted octanol–water partition coefficient (Wildman–Crippen LogP) is 3.70. The molecular weight excluding hydrogens is 418 g/mol. The molecule has 1 atom stereocenters. The lowest BCUT2D eigenvalue weighted by atomic mass is 9.97. The summed E-state index contributed by atoms with van der Waals surface area (Å²) in [6, 6.07) is 15.0. The van der Waals surface area contributed by atoms with Gasteiger partial charge in [-0.1, -0.05) is 37.7 Å². The van der Waals surface area contributed by atoms with Gasteiger partial charge in [0.25, 0.3) is 0 Å². The Morgan fingerprint density at radius 3 is 2.34 bits per heavy atom. The van der Waals surface area contributed by atoms with Crippen LogP contribution in [0.4, 0.5) is 0 Å². The maximum atomic E-state index is 11.7. The highest BCUT2D eigenvalue weighted by Crippen LogP contribution is 2.59. The largest absolute Gasteiger partial charge is 0.457 e. The average molecular weight is 444 g/mol. The number of hydrogen-bond acceptors (Lipinski definition) is 4. The second-order valence-electron chi connectivity index (χ2n) is 9.17. The molecule has 32 heavy (non-hydrogen) atoms. The zero-order valence-electron chi connectivity index (χ0n) is 18.3. The summed E-state index contributed by atoms with van der Waals surface area (Å²) in [5, 5.41) is 0.888. The van der Waals surface area contributed by atoms with Crippen LogP contribution in [0.15, 0.2) is 54.7 Å². The van der Waals surface area contributed by atoms with E-state index in [1.54, 1.807) is 18.3 Å². The monoisotopic (exact) mass is 443 g/mol. The van der Waals surface area contributed by atoms with Gasteiger partial charge in [-0.3, -0.25) is 14.6 Å². The van der Waals surface area contributed by atoms with E-state index in [1.807, 2.05) is 36.4 Å². The van der Waals surface area contributed by atoms with Crippen LogP contribution in [-0.2, 0) is 9.59 Å². The van der Waals surface area contributed by atoms with Crippen LogP contribution in [0.1, 0.15) is 23.5 Å². The Labute approximate surface area is 188 Å². The highest BCUT2D eigenvalue weighted by Gasteiger charge is 2.64. The number of carbonyl (C=O) groups excluding carboxylic acids is 2. The van der Waals surface area contributed by atoms with Gasteiger partial charge in [0.15, 0.2) is 0 Å². The summed E-state index contributed by atoms with van der Waals surface area (Å²) >= 11 is 0. The van der Waals surface area contributed by atoms with Crippen molar-refractivity contribution < 1.29 is 14.3 Å². The van der Waals surface area contributed by atoms with Crippen LogP contribution < -0.4 is 16.2 Å². The topological polar surface area (TPSA) is 108 Å². The van der Waals surface area contributed by atoms with Crippen molar-refractivity contribution in [1.82, 2.24) is 4.98 Å². The molecule has 1 unspecified atom stereocenters. The van der Waals surface area contributed by atoms with Gasteiger partial charge in [0.05, 0.1) is 5.52 Å². The third kappa shape index (κ3) is 4.10. The molecular formula is C25H25N3O3Si. The zero-order valence-corrected chi connectivity index (χ0v) is 19.3. The summed E-state index contributed by atoms with van der Waals surface area (Å²) in [6.07, 6.45) is 2.05. The van der Waals surface area contributed by atoms with E-state index in [-0.39, 0.29) is 5.92 Å². The third-order valence-electron chi connectivity index (χ3n) is 5.64. The molecule has 0 spiro atoms. The highest BCUT2D eigenvalue weighted by atomic mass is 28.3. The van der Waals surface area contributed by atoms with Crippen LogP contribution in [0.5, 0.6) is 11.5 Å². The molecule has 162 valence electrons. The van der Waals surface area contributed by atoms with Gasteiger partial charge in [-0.25, -0.2) is 0 Å². The lowest BCUT2D eigenvalue weighted by molar-refractivity contribution is -0.133.